The lowest BCUT2D eigenvalue weighted by molar-refractivity contribution is -0.274. The van der Waals surface area contributed by atoms with Crippen molar-refractivity contribution in [2.45, 2.75) is 31.7 Å². The lowest BCUT2D eigenvalue weighted by Crippen LogP contribution is -2.35. The van der Waals surface area contributed by atoms with Crippen molar-refractivity contribution < 1.29 is 22.7 Å². The molecular formula is C19H19F3N2O2. The van der Waals surface area contributed by atoms with Crippen LogP contribution in [0.15, 0.2) is 48.5 Å². The van der Waals surface area contributed by atoms with Gasteiger partial charge < -0.3 is 15.4 Å². The first-order chi connectivity index (χ1) is 12.4. The van der Waals surface area contributed by atoms with Crippen LogP contribution in [0.25, 0.3) is 0 Å². The van der Waals surface area contributed by atoms with E-state index in [1.54, 1.807) is 6.07 Å². The van der Waals surface area contributed by atoms with E-state index in [0.717, 1.165) is 24.8 Å². The predicted molar refractivity (Wildman–Crippen MR) is 91.9 cm³/mol. The standard InChI is InChI=1S/C19H19F3N2O2/c20-19(21,22)26-17-11-4-3-9-16(17)23-12-18(25)24-15-10-5-7-13-6-1-2-8-14(13)15/h1-4,6,8-9,11,15,23H,5,7,10,12H2,(H,24,25)/t15-/m1/s1. The predicted octanol–water partition coefficient (Wildman–Crippen LogP) is 4.19. The minimum Gasteiger partial charge on any atom is -0.404 e. The van der Waals surface area contributed by atoms with Crippen LogP contribution >= 0.6 is 0 Å². The monoisotopic (exact) mass is 364 g/mol. The molecule has 0 radical (unpaired) electrons. The van der Waals surface area contributed by atoms with E-state index in [1.165, 1.54) is 23.8 Å². The summed E-state index contributed by atoms with van der Waals surface area (Å²) in [7, 11) is 0. The molecule has 0 fully saturated rings. The quantitative estimate of drug-likeness (QED) is 0.836. The molecule has 0 spiro atoms. The summed E-state index contributed by atoms with van der Waals surface area (Å²) >= 11 is 0. The second-order valence-corrected chi connectivity index (χ2v) is 6.11. The Balaban J connectivity index is 1.61. The molecule has 1 aliphatic carbocycles. The van der Waals surface area contributed by atoms with Crippen LogP contribution in [0, 0.1) is 0 Å². The molecule has 0 bridgehead atoms. The first-order valence-corrected chi connectivity index (χ1v) is 8.38. The molecule has 1 atom stereocenters. The normalized spacial score (nSPS) is 16.5. The highest BCUT2D eigenvalue weighted by Gasteiger charge is 2.32. The third kappa shape index (κ3) is 4.68. The van der Waals surface area contributed by atoms with Crippen LogP contribution in [0.5, 0.6) is 5.75 Å². The Morgan fingerprint density at radius 1 is 1.12 bits per heavy atom. The van der Waals surface area contributed by atoms with Gasteiger partial charge in [-0.2, -0.15) is 0 Å². The number of aryl methyl sites for hydroxylation is 1. The second kappa shape index (κ2) is 7.68. The molecule has 3 rings (SSSR count). The van der Waals surface area contributed by atoms with Gasteiger partial charge in [-0.05, 0) is 42.5 Å². The van der Waals surface area contributed by atoms with Crippen LogP contribution < -0.4 is 15.4 Å². The van der Waals surface area contributed by atoms with E-state index >= 15 is 0 Å². The van der Waals surface area contributed by atoms with Crippen molar-refractivity contribution in [3.63, 3.8) is 0 Å². The van der Waals surface area contributed by atoms with Gasteiger partial charge in [0.25, 0.3) is 0 Å². The molecule has 2 aromatic rings. The van der Waals surface area contributed by atoms with Crippen LogP contribution in [-0.2, 0) is 11.2 Å². The first kappa shape index (κ1) is 18.1. The van der Waals surface area contributed by atoms with Crippen LogP contribution in [0.1, 0.15) is 30.0 Å². The molecule has 7 heteroatoms. The minimum absolute atomic E-state index is 0.0732. The zero-order chi connectivity index (χ0) is 18.6. The average Bonchev–Trinajstić information content (AvgIpc) is 2.60. The van der Waals surface area contributed by atoms with Gasteiger partial charge in [-0.3, -0.25) is 4.79 Å². The Hall–Kier alpha value is -2.70. The Bertz CT molecular complexity index is 777. The molecule has 138 valence electrons. The number of fused-ring (bicyclic) bond motifs is 1. The van der Waals surface area contributed by atoms with Crippen molar-refractivity contribution in [2.24, 2.45) is 0 Å². The van der Waals surface area contributed by atoms with Gasteiger partial charge in [0.1, 0.15) is 0 Å². The molecule has 2 N–H and O–H groups in total. The maximum absolute atomic E-state index is 12.4. The number of hydrogen-bond acceptors (Lipinski definition) is 3. The van der Waals surface area contributed by atoms with Crippen LogP contribution in [-0.4, -0.2) is 18.8 Å². The van der Waals surface area contributed by atoms with Crippen molar-refractivity contribution in [1.82, 2.24) is 5.32 Å². The summed E-state index contributed by atoms with van der Waals surface area (Å²) in [6, 6.07) is 13.5. The number of alkyl halides is 3. The van der Waals surface area contributed by atoms with E-state index in [2.05, 4.69) is 21.4 Å². The summed E-state index contributed by atoms with van der Waals surface area (Å²) in [5.74, 6) is -0.649. The van der Waals surface area contributed by atoms with Crippen LogP contribution in [0.3, 0.4) is 0 Å². The second-order valence-electron chi connectivity index (χ2n) is 6.11. The highest BCUT2D eigenvalue weighted by Crippen LogP contribution is 2.31. The first-order valence-electron chi connectivity index (χ1n) is 8.38. The molecule has 0 heterocycles. The van der Waals surface area contributed by atoms with Crippen molar-refractivity contribution >= 4 is 11.6 Å². The maximum atomic E-state index is 12.4. The Kier molecular flexibility index (Phi) is 5.35. The number of carbonyl (C=O) groups is 1. The summed E-state index contributed by atoms with van der Waals surface area (Å²) < 4.78 is 41.3. The molecule has 0 unspecified atom stereocenters. The molecule has 1 amide bonds. The zero-order valence-corrected chi connectivity index (χ0v) is 14.0. The fourth-order valence-electron chi connectivity index (χ4n) is 3.15. The average molecular weight is 364 g/mol. The van der Waals surface area contributed by atoms with Gasteiger partial charge in [-0.15, -0.1) is 13.2 Å². The molecule has 1 aliphatic rings. The third-order valence-corrected chi connectivity index (χ3v) is 4.26. The summed E-state index contributed by atoms with van der Waals surface area (Å²) in [6.07, 6.45) is -1.97. The van der Waals surface area contributed by atoms with Gasteiger partial charge in [0.2, 0.25) is 5.91 Å². The molecule has 4 nitrogen and oxygen atoms in total. The number of halogens is 3. The molecule has 0 aliphatic heterocycles. The number of amides is 1. The van der Waals surface area contributed by atoms with Gasteiger partial charge in [-0.25, -0.2) is 0 Å². The topological polar surface area (TPSA) is 50.4 Å². The Morgan fingerprint density at radius 2 is 1.85 bits per heavy atom. The number of ether oxygens (including phenoxy) is 1. The number of carbonyl (C=O) groups excluding carboxylic acids is 1. The fourth-order valence-corrected chi connectivity index (χ4v) is 3.15. The van der Waals surface area contributed by atoms with E-state index in [4.69, 9.17) is 0 Å². The number of anilines is 1. The summed E-state index contributed by atoms with van der Waals surface area (Å²) in [6.45, 7) is -0.142. The highest BCUT2D eigenvalue weighted by atomic mass is 19.4. The largest absolute Gasteiger partial charge is 0.573 e. The number of nitrogens with one attached hydrogen (secondary N) is 2. The fraction of sp³-hybridized carbons (Fsp3) is 0.316. The molecule has 0 saturated carbocycles. The maximum Gasteiger partial charge on any atom is 0.573 e. The molecule has 2 aromatic carbocycles. The van der Waals surface area contributed by atoms with E-state index in [9.17, 15) is 18.0 Å². The number of hydrogen-bond donors (Lipinski definition) is 2. The van der Waals surface area contributed by atoms with Crippen molar-refractivity contribution in [3.8, 4) is 5.75 Å². The highest BCUT2D eigenvalue weighted by molar-refractivity contribution is 5.81. The smallest absolute Gasteiger partial charge is 0.404 e. The van der Waals surface area contributed by atoms with E-state index in [0.29, 0.717) is 0 Å². The number of benzene rings is 2. The summed E-state index contributed by atoms with van der Waals surface area (Å²) in [4.78, 5) is 12.3. The van der Waals surface area contributed by atoms with Crippen molar-refractivity contribution in [3.05, 3.63) is 59.7 Å². The molecular weight excluding hydrogens is 345 g/mol. The lowest BCUT2D eigenvalue weighted by atomic mass is 9.88. The van der Waals surface area contributed by atoms with Gasteiger partial charge in [0.15, 0.2) is 5.75 Å². The number of para-hydroxylation sites is 2. The van der Waals surface area contributed by atoms with Gasteiger partial charge in [-0.1, -0.05) is 36.4 Å². The number of rotatable bonds is 5. The van der Waals surface area contributed by atoms with Gasteiger partial charge in [0.05, 0.1) is 18.3 Å². The van der Waals surface area contributed by atoms with Gasteiger partial charge >= 0.3 is 6.36 Å². The van der Waals surface area contributed by atoms with Crippen molar-refractivity contribution in [1.29, 1.82) is 0 Å². The minimum atomic E-state index is -4.79. The van der Waals surface area contributed by atoms with Gasteiger partial charge in [0, 0.05) is 0 Å². The van der Waals surface area contributed by atoms with Crippen LogP contribution in [0.4, 0.5) is 18.9 Å². The summed E-state index contributed by atoms with van der Waals surface area (Å²) in [5.41, 5.74) is 2.44. The molecule has 26 heavy (non-hydrogen) atoms. The van der Waals surface area contributed by atoms with E-state index < -0.39 is 6.36 Å². The SMILES string of the molecule is O=C(CNc1ccccc1OC(F)(F)F)N[C@@H]1CCCc2ccccc21. The third-order valence-electron chi connectivity index (χ3n) is 4.26. The lowest BCUT2D eigenvalue weighted by Gasteiger charge is -2.26. The van der Waals surface area contributed by atoms with Crippen LogP contribution in [0.2, 0.25) is 0 Å². The Morgan fingerprint density at radius 3 is 2.65 bits per heavy atom. The molecule has 0 aromatic heterocycles. The Labute approximate surface area is 149 Å². The van der Waals surface area contributed by atoms with E-state index in [-0.39, 0.29) is 29.9 Å². The van der Waals surface area contributed by atoms with E-state index in [1.807, 2.05) is 18.2 Å². The summed E-state index contributed by atoms with van der Waals surface area (Å²) in [5, 5.41) is 5.66. The zero-order valence-electron chi connectivity index (χ0n) is 14.0. The van der Waals surface area contributed by atoms with Crippen molar-refractivity contribution in [2.75, 3.05) is 11.9 Å². The molecule has 0 saturated heterocycles.